The molecule has 0 bridgehead atoms. The molecule has 0 rings (SSSR count). The Bertz CT molecular complexity index is 9.51. The van der Waals surface area contributed by atoms with Crippen LogP contribution in [0.1, 0.15) is 6.92 Å². The van der Waals surface area contributed by atoms with Crippen LogP contribution in [0.3, 0.4) is 0 Å². The summed E-state index contributed by atoms with van der Waals surface area (Å²) in [6.45, 7) is 3.14. The summed E-state index contributed by atoms with van der Waals surface area (Å²) in [7, 11) is 1.93. The van der Waals surface area contributed by atoms with E-state index in [0.29, 0.717) is 0 Å². The average molecular weight is 107 g/mol. The van der Waals surface area contributed by atoms with Crippen molar-refractivity contribution in [2.45, 2.75) is 6.92 Å². The summed E-state index contributed by atoms with van der Waals surface area (Å²) < 4.78 is 0. The maximum absolute atomic E-state index is 3.53. The monoisotopic (exact) mass is 107 g/mol. The molecule has 40 valence electrons. The Morgan fingerprint density at radius 2 is 1.67 bits per heavy atom. The molecule has 0 atom stereocenters. The summed E-state index contributed by atoms with van der Waals surface area (Å²) in [5.41, 5.74) is 0. The Balaban J connectivity index is 0. The average Bonchev–Trinajstić information content (AvgIpc) is 1.72. The van der Waals surface area contributed by atoms with E-state index in [2.05, 4.69) is 24.9 Å². The quantitative estimate of drug-likeness (QED) is 0.472. The number of nitrogens with one attached hydrogen (secondary N) is 1. The third kappa shape index (κ3) is 27.5. The van der Waals surface area contributed by atoms with Crippen LogP contribution in [-0.2, 0) is 0 Å². The molecule has 0 heterocycles. The van der Waals surface area contributed by atoms with E-state index in [4.69, 9.17) is 0 Å². The van der Waals surface area contributed by atoms with Gasteiger partial charge in [-0.2, -0.15) is 12.6 Å². The van der Waals surface area contributed by atoms with E-state index in [1.165, 1.54) is 0 Å². The molecule has 0 saturated heterocycles. The number of hydrogen-bond acceptors (Lipinski definition) is 2. The lowest BCUT2D eigenvalue weighted by Crippen LogP contribution is -2.01. The summed E-state index contributed by atoms with van der Waals surface area (Å²) in [5, 5.41) is 2.93. The van der Waals surface area contributed by atoms with Crippen molar-refractivity contribution in [3.8, 4) is 0 Å². The SMILES string of the molecule is CCNC.CS. The topological polar surface area (TPSA) is 12.0 Å². The maximum Gasteiger partial charge on any atom is -0.00804 e. The van der Waals surface area contributed by atoms with Crippen LogP contribution in [0.25, 0.3) is 0 Å². The maximum atomic E-state index is 3.53. The van der Waals surface area contributed by atoms with E-state index in [-0.39, 0.29) is 0 Å². The van der Waals surface area contributed by atoms with Gasteiger partial charge in [0, 0.05) is 0 Å². The Morgan fingerprint density at radius 1 is 1.50 bits per heavy atom. The van der Waals surface area contributed by atoms with Crippen molar-refractivity contribution in [1.29, 1.82) is 0 Å². The zero-order valence-corrected chi connectivity index (χ0v) is 5.55. The third-order valence-electron chi connectivity index (χ3n) is 0.354. The van der Waals surface area contributed by atoms with Crippen LogP contribution in [-0.4, -0.2) is 19.8 Å². The predicted octanol–water partition coefficient (Wildman–Crippen LogP) is 0.772. The highest BCUT2D eigenvalue weighted by Crippen LogP contribution is 1.34. The fourth-order valence-electron chi connectivity index (χ4n) is 0. The second kappa shape index (κ2) is 18.5. The lowest BCUT2D eigenvalue weighted by Gasteiger charge is -1.76. The molecule has 6 heavy (non-hydrogen) atoms. The zero-order valence-electron chi connectivity index (χ0n) is 4.65. The molecular weight excluding hydrogens is 94.1 g/mol. The molecule has 0 aliphatic rings. The molecule has 0 radical (unpaired) electrons. The van der Waals surface area contributed by atoms with E-state index >= 15 is 0 Å². The third-order valence-corrected chi connectivity index (χ3v) is 0.354. The van der Waals surface area contributed by atoms with Crippen molar-refractivity contribution in [3.63, 3.8) is 0 Å². The zero-order chi connectivity index (χ0) is 5.41. The summed E-state index contributed by atoms with van der Waals surface area (Å²) >= 11 is 3.53. The van der Waals surface area contributed by atoms with Gasteiger partial charge in [0.2, 0.25) is 0 Å². The van der Waals surface area contributed by atoms with E-state index in [1.54, 1.807) is 6.26 Å². The predicted molar refractivity (Wildman–Crippen MR) is 34.5 cm³/mol. The second-order valence-electron chi connectivity index (χ2n) is 0.707. The van der Waals surface area contributed by atoms with Gasteiger partial charge in [-0.25, -0.2) is 0 Å². The van der Waals surface area contributed by atoms with Crippen molar-refractivity contribution in [3.05, 3.63) is 0 Å². The van der Waals surface area contributed by atoms with E-state index in [1.807, 2.05) is 7.05 Å². The summed E-state index contributed by atoms with van der Waals surface area (Å²) in [4.78, 5) is 0. The Hall–Kier alpha value is 0.310. The Kier molecular flexibility index (Phi) is 29.5. The molecule has 0 unspecified atom stereocenters. The number of hydrogen-bond donors (Lipinski definition) is 2. The van der Waals surface area contributed by atoms with Crippen LogP contribution >= 0.6 is 12.6 Å². The Morgan fingerprint density at radius 3 is 1.67 bits per heavy atom. The summed E-state index contributed by atoms with van der Waals surface area (Å²) in [5.74, 6) is 0. The molecule has 0 spiro atoms. The van der Waals surface area contributed by atoms with Crippen LogP contribution in [0.4, 0.5) is 0 Å². The molecule has 1 nitrogen and oxygen atoms in total. The number of thiol groups is 1. The molecule has 0 saturated carbocycles. The fourth-order valence-corrected chi connectivity index (χ4v) is 0. The van der Waals surface area contributed by atoms with Gasteiger partial charge < -0.3 is 5.32 Å². The van der Waals surface area contributed by atoms with E-state index in [0.717, 1.165) is 6.54 Å². The lowest BCUT2D eigenvalue weighted by atomic mass is 10.8. The van der Waals surface area contributed by atoms with Gasteiger partial charge in [0.15, 0.2) is 0 Å². The molecule has 0 aromatic rings. The molecule has 0 aromatic heterocycles. The van der Waals surface area contributed by atoms with Gasteiger partial charge in [-0.3, -0.25) is 0 Å². The van der Waals surface area contributed by atoms with Crippen molar-refractivity contribution in [2.75, 3.05) is 19.8 Å². The summed E-state index contributed by atoms with van der Waals surface area (Å²) in [6, 6.07) is 0. The first kappa shape index (κ1) is 9.58. The molecule has 0 fully saturated rings. The highest BCUT2D eigenvalue weighted by atomic mass is 32.1. The van der Waals surface area contributed by atoms with Crippen molar-refractivity contribution in [2.24, 2.45) is 0 Å². The van der Waals surface area contributed by atoms with Gasteiger partial charge in [-0.05, 0) is 19.8 Å². The highest BCUT2D eigenvalue weighted by molar-refractivity contribution is 7.79. The van der Waals surface area contributed by atoms with Crippen LogP contribution in [0, 0.1) is 0 Å². The lowest BCUT2D eigenvalue weighted by molar-refractivity contribution is 0.864. The first-order chi connectivity index (χ1) is 2.91. The summed E-state index contributed by atoms with van der Waals surface area (Å²) in [6.07, 6.45) is 1.69. The van der Waals surface area contributed by atoms with Crippen LogP contribution < -0.4 is 5.32 Å². The molecular formula is C4H13NS. The van der Waals surface area contributed by atoms with Crippen LogP contribution in [0.5, 0.6) is 0 Å². The van der Waals surface area contributed by atoms with E-state index in [9.17, 15) is 0 Å². The molecule has 1 N–H and O–H groups in total. The molecule has 0 aromatic carbocycles. The van der Waals surface area contributed by atoms with Gasteiger partial charge in [0.05, 0.1) is 0 Å². The van der Waals surface area contributed by atoms with Crippen LogP contribution in [0.2, 0.25) is 0 Å². The normalized spacial score (nSPS) is 6.00. The smallest absolute Gasteiger partial charge is 0.00804 e. The first-order valence-electron chi connectivity index (χ1n) is 2.01. The minimum absolute atomic E-state index is 1.07. The first-order valence-corrected chi connectivity index (χ1v) is 2.90. The van der Waals surface area contributed by atoms with Crippen molar-refractivity contribution < 1.29 is 0 Å². The molecule has 0 aliphatic carbocycles. The minimum atomic E-state index is 1.07. The molecule has 2 heteroatoms. The van der Waals surface area contributed by atoms with Crippen LogP contribution in [0.15, 0.2) is 0 Å². The highest BCUT2D eigenvalue weighted by Gasteiger charge is 1.50. The fraction of sp³-hybridized carbons (Fsp3) is 1.00. The Labute approximate surface area is 45.5 Å². The van der Waals surface area contributed by atoms with Crippen molar-refractivity contribution in [1.82, 2.24) is 5.32 Å². The van der Waals surface area contributed by atoms with Gasteiger partial charge in [-0.1, -0.05) is 6.92 Å². The standard InChI is InChI=1S/C3H9N.CH4S/c1-3-4-2;1-2/h4H,3H2,1-2H3;2H,1H3. The van der Waals surface area contributed by atoms with Gasteiger partial charge in [0.1, 0.15) is 0 Å². The minimum Gasteiger partial charge on any atom is -0.320 e. The van der Waals surface area contributed by atoms with Gasteiger partial charge in [-0.15, -0.1) is 0 Å². The van der Waals surface area contributed by atoms with Gasteiger partial charge >= 0.3 is 0 Å². The largest absolute Gasteiger partial charge is 0.320 e. The molecule has 0 amide bonds. The number of rotatable bonds is 1. The van der Waals surface area contributed by atoms with E-state index < -0.39 is 0 Å². The second-order valence-corrected chi connectivity index (χ2v) is 0.707. The molecule has 0 aliphatic heterocycles. The van der Waals surface area contributed by atoms with Crippen molar-refractivity contribution >= 4 is 12.6 Å². The van der Waals surface area contributed by atoms with Gasteiger partial charge in [0.25, 0.3) is 0 Å².